The molecule has 5 nitrogen and oxygen atoms in total. The molecule has 0 saturated heterocycles. The van der Waals surface area contributed by atoms with E-state index in [1.165, 1.54) is 7.11 Å². The minimum Gasteiger partial charge on any atom is -0.454 e. The monoisotopic (exact) mass is 291 g/mol. The van der Waals surface area contributed by atoms with E-state index in [4.69, 9.17) is 23.2 Å². The van der Waals surface area contributed by atoms with Crippen molar-refractivity contribution in [1.29, 1.82) is 0 Å². The van der Waals surface area contributed by atoms with Crippen LogP contribution in [0.1, 0.15) is 0 Å². The minimum absolute atomic E-state index is 0.208. The van der Waals surface area contributed by atoms with Gasteiger partial charge >= 0.3 is 5.97 Å². The lowest BCUT2D eigenvalue weighted by Crippen LogP contribution is -2.22. The van der Waals surface area contributed by atoms with Crippen LogP contribution in [0.25, 0.3) is 0 Å². The summed E-state index contributed by atoms with van der Waals surface area (Å²) in [6, 6.07) is 4.82. The molecule has 0 saturated carbocycles. The maximum atomic E-state index is 11.5. The number of carbonyl (C=O) groups excluding carboxylic acids is 2. The van der Waals surface area contributed by atoms with Gasteiger partial charge in [-0.05, 0) is 12.1 Å². The minimum atomic E-state index is -0.627. The first-order valence-corrected chi connectivity index (χ1v) is 5.68. The summed E-state index contributed by atoms with van der Waals surface area (Å²) in [5.41, 5.74) is 0.286. The van der Waals surface area contributed by atoms with Crippen molar-refractivity contribution in [2.24, 2.45) is 0 Å². The number of benzene rings is 1. The Hall–Kier alpha value is -1.30. The average molecular weight is 292 g/mol. The maximum absolute atomic E-state index is 11.5. The number of hydrogen-bond donors (Lipinski definition) is 1. The molecular weight excluding hydrogens is 281 g/mol. The smallest absolute Gasteiger partial charge is 0.332 e. The Morgan fingerprint density at radius 2 is 1.83 bits per heavy atom. The number of ether oxygens (including phenoxy) is 2. The molecule has 0 aliphatic carbocycles. The molecule has 1 N–H and O–H groups in total. The number of carbonyl (C=O) groups is 2. The number of amides is 1. The van der Waals surface area contributed by atoms with Crippen molar-refractivity contribution in [3.63, 3.8) is 0 Å². The van der Waals surface area contributed by atoms with Gasteiger partial charge in [-0.3, -0.25) is 4.79 Å². The maximum Gasteiger partial charge on any atom is 0.332 e. The predicted octanol–water partition coefficient (Wildman–Crippen LogP) is 2.12. The molecule has 1 aromatic carbocycles. The molecule has 0 spiro atoms. The van der Waals surface area contributed by atoms with Gasteiger partial charge < -0.3 is 14.8 Å². The Bertz CT molecular complexity index is 430. The van der Waals surface area contributed by atoms with Crippen molar-refractivity contribution in [3.05, 3.63) is 28.2 Å². The molecule has 7 heteroatoms. The molecular formula is C11H11Cl2NO4. The lowest BCUT2D eigenvalue weighted by molar-refractivity contribution is -0.150. The van der Waals surface area contributed by atoms with Crippen LogP contribution < -0.4 is 5.32 Å². The highest BCUT2D eigenvalue weighted by Crippen LogP contribution is 2.29. The lowest BCUT2D eigenvalue weighted by Gasteiger charge is -2.09. The van der Waals surface area contributed by atoms with Crippen LogP contribution in [-0.2, 0) is 19.1 Å². The summed E-state index contributed by atoms with van der Waals surface area (Å²) in [5.74, 6) is -1.16. The zero-order valence-corrected chi connectivity index (χ0v) is 11.0. The van der Waals surface area contributed by atoms with Crippen LogP contribution in [-0.4, -0.2) is 32.2 Å². The Balaban J connectivity index is 2.52. The van der Waals surface area contributed by atoms with Crippen LogP contribution in [0.2, 0.25) is 10.0 Å². The van der Waals surface area contributed by atoms with Gasteiger partial charge in [0.1, 0.15) is 6.61 Å². The number of para-hydroxylation sites is 1. The van der Waals surface area contributed by atoms with E-state index in [0.717, 1.165) is 0 Å². The molecule has 0 fully saturated rings. The molecule has 0 unspecified atom stereocenters. The fourth-order valence-electron chi connectivity index (χ4n) is 1.10. The summed E-state index contributed by atoms with van der Waals surface area (Å²) in [6.07, 6.45) is 0. The van der Waals surface area contributed by atoms with Gasteiger partial charge in [-0.15, -0.1) is 0 Å². The molecule has 1 aromatic rings. The highest BCUT2D eigenvalue weighted by molar-refractivity contribution is 6.39. The van der Waals surface area contributed by atoms with Crippen LogP contribution in [0, 0.1) is 0 Å². The van der Waals surface area contributed by atoms with Crippen LogP contribution in [0.4, 0.5) is 5.69 Å². The molecule has 0 aromatic heterocycles. The second-order valence-electron chi connectivity index (χ2n) is 3.24. The molecule has 1 rings (SSSR count). The molecule has 98 valence electrons. The molecule has 0 bridgehead atoms. The fraction of sp³-hybridized carbons (Fsp3) is 0.273. The third kappa shape index (κ3) is 4.52. The van der Waals surface area contributed by atoms with Crippen LogP contribution in [0.15, 0.2) is 18.2 Å². The first kappa shape index (κ1) is 14.8. The largest absolute Gasteiger partial charge is 0.454 e. The molecule has 0 atom stereocenters. The van der Waals surface area contributed by atoms with Gasteiger partial charge in [0, 0.05) is 7.11 Å². The van der Waals surface area contributed by atoms with Crippen LogP contribution in [0.3, 0.4) is 0 Å². The zero-order chi connectivity index (χ0) is 13.5. The van der Waals surface area contributed by atoms with Crippen molar-refractivity contribution in [1.82, 2.24) is 0 Å². The van der Waals surface area contributed by atoms with Crippen LogP contribution >= 0.6 is 23.2 Å². The molecule has 0 aliphatic heterocycles. The summed E-state index contributed by atoms with van der Waals surface area (Å²) in [5, 5.41) is 3.06. The van der Waals surface area contributed by atoms with Gasteiger partial charge in [0.2, 0.25) is 0 Å². The van der Waals surface area contributed by atoms with Crippen molar-refractivity contribution < 1.29 is 19.1 Å². The van der Waals surface area contributed by atoms with Crippen molar-refractivity contribution in [3.8, 4) is 0 Å². The Morgan fingerprint density at radius 3 is 2.39 bits per heavy atom. The van der Waals surface area contributed by atoms with Crippen LogP contribution in [0.5, 0.6) is 0 Å². The first-order chi connectivity index (χ1) is 8.54. The highest BCUT2D eigenvalue weighted by atomic mass is 35.5. The molecule has 1 amide bonds. The highest BCUT2D eigenvalue weighted by Gasteiger charge is 2.11. The van der Waals surface area contributed by atoms with Gasteiger partial charge in [0.25, 0.3) is 5.91 Å². The molecule has 18 heavy (non-hydrogen) atoms. The quantitative estimate of drug-likeness (QED) is 0.844. The Labute approximate surface area is 114 Å². The van der Waals surface area contributed by atoms with E-state index in [1.807, 2.05) is 0 Å². The van der Waals surface area contributed by atoms with Crippen molar-refractivity contribution in [2.45, 2.75) is 0 Å². The third-order valence-electron chi connectivity index (χ3n) is 1.85. The van der Waals surface area contributed by atoms with Gasteiger partial charge in [-0.25, -0.2) is 4.79 Å². The molecule has 0 aliphatic rings. The van der Waals surface area contributed by atoms with E-state index in [2.05, 4.69) is 14.8 Å². The second kappa shape index (κ2) is 7.20. The van der Waals surface area contributed by atoms with Gasteiger partial charge in [0.05, 0.1) is 15.7 Å². The number of anilines is 1. The van der Waals surface area contributed by atoms with Crippen molar-refractivity contribution >= 4 is 40.8 Å². The van der Waals surface area contributed by atoms with E-state index in [1.54, 1.807) is 18.2 Å². The van der Waals surface area contributed by atoms with Gasteiger partial charge in [-0.2, -0.15) is 0 Å². The lowest BCUT2D eigenvalue weighted by atomic mass is 10.3. The fourth-order valence-corrected chi connectivity index (χ4v) is 1.59. The summed E-state index contributed by atoms with van der Waals surface area (Å²) in [4.78, 5) is 22.4. The summed E-state index contributed by atoms with van der Waals surface area (Å²) >= 11 is 11.7. The van der Waals surface area contributed by atoms with E-state index < -0.39 is 18.5 Å². The average Bonchev–Trinajstić information content (AvgIpc) is 2.32. The Morgan fingerprint density at radius 1 is 1.22 bits per heavy atom. The molecule has 0 radical (unpaired) electrons. The zero-order valence-electron chi connectivity index (χ0n) is 9.54. The number of nitrogens with one attached hydrogen (secondary N) is 1. The number of rotatable bonds is 5. The normalized spacial score (nSPS) is 9.94. The van der Waals surface area contributed by atoms with E-state index in [9.17, 15) is 9.59 Å². The van der Waals surface area contributed by atoms with Gasteiger partial charge in [0.15, 0.2) is 6.61 Å². The van der Waals surface area contributed by atoms with Crippen molar-refractivity contribution in [2.75, 3.05) is 25.6 Å². The summed E-state index contributed by atoms with van der Waals surface area (Å²) < 4.78 is 9.18. The number of hydrogen-bond acceptors (Lipinski definition) is 4. The predicted molar refractivity (Wildman–Crippen MR) is 67.9 cm³/mol. The standard InChI is InChI=1S/C11H11Cl2NO4/c1-17-6-10(16)18-5-9(15)14-11-7(12)3-2-4-8(11)13/h2-4H,5-6H2,1H3,(H,14,15). The summed E-state index contributed by atoms with van der Waals surface area (Å²) in [6.45, 7) is -0.635. The Kier molecular flexibility index (Phi) is 5.91. The van der Waals surface area contributed by atoms with E-state index in [0.29, 0.717) is 10.0 Å². The first-order valence-electron chi connectivity index (χ1n) is 4.93. The SMILES string of the molecule is COCC(=O)OCC(=O)Nc1c(Cl)cccc1Cl. The third-order valence-corrected chi connectivity index (χ3v) is 2.48. The molecule has 0 heterocycles. The number of halogens is 2. The summed E-state index contributed by atoms with van der Waals surface area (Å²) in [7, 11) is 1.35. The van der Waals surface area contributed by atoms with E-state index in [-0.39, 0.29) is 12.3 Å². The number of esters is 1. The van der Waals surface area contributed by atoms with Gasteiger partial charge in [-0.1, -0.05) is 29.3 Å². The second-order valence-corrected chi connectivity index (χ2v) is 4.05. The van der Waals surface area contributed by atoms with E-state index >= 15 is 0 Å². The topological polar surface area (TPSA) is 64.6 Å². The number of methoxy groups -OCH3 is 1.